The predicted octanol–water partition coefficient (Wildman–Crippen LogP) is 2.20. The molecule has 0 aliphatic rings. The summed E-state index contributed by atoms with van der Waals surface area (Å²) < 4.78 is 39.5. The molecule has 3 aromatic heterocycles. The molecule has 9 heteroatoms. The Labute approximate surface area is 116 Å². The third kappa shape index (κ3) is 2.22. The van der Waals surface area contributed by atoms with E-state index >= 15 is 0 Å². The van der Waals surface area contributed by atoms with Gasteiger partial charge >= 0.3 is 6.18 Å². The van der Waals surface area contributed by atoms with Crippen LogP contribution in [0.3, 0.4) is 0 Å². The van der Waals surface area contributed by atoms with E-state index in [2.05, 4.69) is 19.9 Å². The number of anilines is 2. The second kappa shape index (κ2) is 4.33. The van der Waals surface area contributed by atoms with Crippen molar-refractivity contribution in [1.29, 1.82) is 0 Å². The Morgan fingerprint density at radius 1 is 1.14 bits per heavy atom. The van der Waals surface area contributed by atoms with Gasteiger partial charge in [-0.3, -0.25) is 0 Å². The van der Waals surface area contributed by atoms with Gasteiger partial charge in [0.15, 0.2) is 0 Å². The molecule has 0 bridgehead atoms. The number of H-pyrrole nitrogens is 1. The average molecular weight is 294 g/mol. The minimum atomic E-state index is -4.69. The molecule has 0 aliphatic heterocycles. The summed E-state index contributed by atoms with van der Waals surface area (Å²) in [5.41, 5.74) is 9.98. The van der Waals surface area contributed by atoms with Crippen LogP contribution in [0.25, 0.3) is 22.3 Å². The van der Waals surface area contributed by atoms with Crippen molar-refractivity contribution in [3.05, 3.63) is 30.1 Å². The van der Waals surface area contributed by atoms with Crippen LogP contribution in [0.4, 0.5) is 24.9 Å². The Balaban J connectivity index is 2.29. The maximum Gasteiger partial charge on any atom is 0.422 e. The minimum Gasteiger partial charge on any atom is -0.383 e. The molecule has 0 amide bonds. The minimum absolute atomic E-state index is 0.162. The number of alkyl halides is 3. The first-order valence-corrected chi connectivity index (χ1v) is 5.80. The van der Waals surface area contributed by atoms with Crippen LogP contribution in [0.5, 0.6) is 0 Å². The van der Waals surface area contributed by atoms with E-state index in [0.29, 0.717) is 11.0 Å². The molecule has 0 aromatic carbocycles. The van der Waals surface area contributed by atoms with Gasteiger partial charge in [-0.05, 0) is 12.1 Å². The maximum absolute atomic E-state index is 13.2. The van der Waals surface area contributed by atoms with Gasteiger partial charge in [-0.1, -0.05) is 0 Å². The summed E-state index contributed by atoms with van der Waals surface area (Å²) in [5, 5.41) is 0.649. The van der Waals surface area contributed by atoms with Crippen LogP contribution in [0.15, 0.2) is 24.5 Å². The van der Waals surface area contributed by atoms with Crippen LogP contribution in [0.2, 0.25) is 0 Å². The normalized spacial score (nSPS) is 12.0. The van der Waals surface area contributed by atoms with E-state index in [1.807, 2.05) is 0 Å². The number of nitrogen functional groups attached to an aromatic ring is 2. The Kier molecular flexibility index (Phi) is 2.71. The van der Waals surface area contributed by atoms with Crippen LogP contribution >= 0.6 is 0 Å². The number of aromatic nitrogens is 4. The van der Waals surface area contributed by atoms with Crippen LogP contribution in [0, 0.1) is 0 Å². The van der Waals surface area contributed by atoms with Gasteiger partial charge in [0.1, 0.15) is 17.0 Å². The number of fused-ring (bicyclic) bond motifs is 1. The fraction of sp³-hybridized carbons (Fsp3) is 0.0833. The Bertz CT molecular complexity index is 823. The van der Waals surface area contributed by atoms with Crippen molar-refractivity contribution in [3.63, 3.8) is 0 Å². The number of halogens is 3. The van der Waals surface area contributed by atoms with E-state index in [1.54, 1.807) is 12.3 Å². The average Bonchev–Trinajstić information content (AvgIpc) is 2.82. The molecular formula is C12H9F3N6. The van der Waals surface area contributed by atoms with Crippen LogP contribution in [0.1, 0.15) is 5.56 Å². The van der Waals surface area contributed by atoms with E-state index in [4.69, 9.17) is 11.5 Å². The third-order valence-electron chi connectivity index (χ3n) is 2.91. The summed E-state index contributed by atoms with van der Waals surface area (Å²) >= 11 is 0. The summed E-state index contributed by atoms with van der Waals surface area (Å²) in [6.45, 7) is 0. The van der Waals surface area contributed by atoms with E-state index in [0.717, 1.165) is 0 Å². The van der Waals surface area contributed by atoms with Gasteiger partial charge in [-0.2, -0.15) is 18.2 Å². The van der Waals surface area contributed by atoms with Gasteiger partial charge < -0.3 is 16.5 Å². The highest BCUT2D eigenvalue weighted by Gasteiger charge is 2.38. The van der Waals surface area contributed by atoms with Crippen LogP contribution in [-0.2, 0) is 6.18 Å². The summed E-state index contributed by atoms with van der Waals surface area (Å²) in [6, 6.07) is 3.21. The molecule has 0 radical (unpaired) electrons. The molecule has 3 heterocycles. The number of pyridine rings is 1. The lowest BCUT2D eigenvalue weighted by atomic mass is 10.1. The molecule has 0 spiro atoms. The molecule has 0 saturated heterocycles. The monoisotopic (exact) mass is 294 g/mol. The van der Waals surface area contributed by atoms with Gasteiger partial charge in [0, 0.05) is 23.3 Å². The molecule has 0 fully saturated rings. The van der Waals surface area contributed by atoms with E-state index in [-0.39, 0.29) is 17.2 Å². The maximum atomic E-state index is 13.2. The zero-order valence-corrected chi connectivity index (χ0v) is 10.4. The van der Waals surface area contributed by atoms with Gasteiger partial charge in [0.2, 0.25) is 5.95 Å². The summed E-state index contributed by atoms with van der Waals surface area (Å²) in [4.78, 5) is 13.9. The quantitative estimate of drug-likeness (QED) is 0.638. The van der Waals surface area contributed by atoms with Crippen molar-refractivity contribution in [1.82, 2.24) is 19.9 Å². The predicted molar refractivity (Wildman–Crippen MR) is 70.9 cm³/mol. The highest BCUT2D eigenvalue weighted by Crippen LogP contribution is 2.39. The van der Waals surface area contributed by atoms with Crippen molar-refractivity contribution < 1.29 is 13.2 Å². The summed E-state index contributed by atoms with van der Waals surface area (Å²) in [5.74, 6) is -1.04. The number of hydrogen-bond acceptors (Lipinski definition) is 5. The van der Waals surface area contributed by atoms with E-state index in [9.17, 15) is 13.2 Å². The van der Waals surface area contributed by atoms with Crippen molar-refractivity contribution in [2.24, 2.45) is 0 Å². The van der Waals surface area contributed by atoms with Crippen molar-refractivity contribution in [3.8, 4) is 11.3 Å². The molecule has 6 nitrogen and oxygen atoms in total. The molecule has 0 atom stereocenters. The molecule has 3 aromatic rings. The zero-order valence-electron chi connectivity index (χ0n) is 10.4. The highest BCUT2D eigenvalue weighted by molar-refractivity contribution is 5.82. The van der Waals surface area contributed by atoms with E-state index < -0.39 is 17.6 Å². The smallest absolute Gasteiger partial charge is 0.383 e. The number of hydrogen-bond donors (Lipinski definition) is 3. The number of rotatable bonds is 1. The van der Waals surface area contributed by atoms with Crippen molar-refractivity contribution in [2.45, 2.75) is 6.18 Å². The molecule has 108 valence electrons. The Morgan fingerprint density at radius 3 is 2.62 bits per heavy atom. The topological polar surface area (TPSA) is 106 Å². The van der Waals surface area contributed by atoms with Gasteiger partial charge in [-0.25, -0.2) is 9.97 Å². The number of nitrogens with zero attached hydrogens (tertiary/aromatic N) is 3. The Hall–Kier alpha value is -2.84. The van der Waals surface area contributed by atoms with Crippen molar-refractivity contribution in [2.75, 3.05) is 11.5 Å². The van der Waals surface area contributed by atoms with Crippen LogP contribution in [-0.4, -0.2) is 19.9 Å². The molecular weight excluding hydrogens is 285 g/mol. The lowest BCUT2D eigenvalue weighted by molar-refractivity contribution is -0.136. The summed E-state index contributed by atoms with van der Waals surface area (Å²) in [7, 11) is 0. The molecule has 21 heavy (non-hydrogen) atoms. The standard InChI is InChI=1S/C12H9F3N6/c13-12(14,15)7-8(20-11(17)21-9(7)16)6-3-5-1-2-18-10(5)19-4-6/h1-4H,(H,18,19)(H4,16,17,20,21). The second-order valence-electron chi connectivity index (χ2n) is 4.33. The first-order chi connectivity index (χ1) is 9.86. The van der Waals surface area contributed by atoms with Crippen LogP contribution < -0.4 is 11.5 Å². The van der Waals surface area contributed by atoms with Crippen molar-refractivity contribution >= 4 is 22.8 Å². The van der Waals surface area contributed by atoms with Gasteiger partial charge in [0.25, 0.3) is 0 Å². The first kappa shape index (κ1) is 13.2. The Morgan fingerprint density at radius 2 is 1.90 bits per heavy atom. The lowest BCUT2D eigenvalue weighted by Crippen LogP contribution is -2.15. The number of nitrogens with two attached hydrogens (primary N) is 2. The second-order valence-corrected chi connectivity index (χ2v) is 4.33. The van der Waals surface area contributed by atoms with Gasteiger partial charge in [-0.15, -0.1) is 0 Å². The summed E-state index contributed by atoms with van der Waals surface area (Å²) in [6.07, 6.45) is -1.79. The third-order valence-corrected chi connectivity index (χ3v) is 2.91. The molecule has 0 aliphatic carbocycles. The zero-order chi connectivity index (χ0) is 15.2. The fourth-order valence-corrected chi connectivity index (χ4v) is 2.05. The largest absolute Gasteiger partial charge is 0.422 e. The highest BCUT2D eigenvalue weighted by atomic mass is 19.4. The molecule has 5 N–H and O–H groups in total. The van der Waals surface area contributed by atoms with E-state index in [1.165, 1.54) is 12.3 Å². The number of aromatic amines is 1. The molecule has 3 rings (SSSR count). The lowest BCUT2D eigenvalue weighted by Gasteiger charge is -2.14. The van der Waals surface area contributed by atoms with Gasteiger partial charge in [0.05, 0.1) is 5.69 Å². The SMILES string of the molecule is Nc1nc(N)c(C(F)(F)F)c(-c2cnc3[nH]ccc3c2)n1. The fourth-order valence-electron chi connectivity index (χ4n) is 2.05. The number of nitrogens with one attached hydrogen (secondary N) is 1. The first-order valence-electron chi connectivity index (χ1n) is 5.80. The molecule has 0 unspecified atom stereocenters. The molecule has 0 saturated carbocycles.